The molecule has 0 bridgehead atoms. The van der Waals surface area contributed by atoms with Crippen molar-refractivity contribution in [1.82, 2.24) is 4.90 Å². The summed E-state index contributed by atoms with van der Waals surface area (Å²) < 4.78 is 48.7. The summed E-state index contributed by atoms with van der Waals surface area (Å²) in [7, 11) is -2.93. The molecule has 10 heteroatoms. The van der Waals surface area contributed by atoms with E-state index in [1.54, 1.807) is 0 Å². The first-order chi connectivity index (χ1) is 11.6. The molecule has 1 fully saturated rings. The van der Waals surface area contributed by atoms with E-state index >= 15 is 0 Å². The normalized spacial score (nSPS) is 19.6. The lowest BCUT2D eigenvalue weighted by Crippen LogP contribution is -2.54. The van der Waals surface area contributed by atoms with E-state index in [4.69, 9.17) is 0 Å². The number of alkyl halides is 2. The van der Waals surface area contributed by atoms with E-state index in [-0.39, 0.29) is 17.6 Å². The minimum absolute atomic E-state index is 0.00462. The van der Waals surface area contributed by atoms with Crippen molar-refractivity contribution in [1.29, 1.82) is 0 Å². The van der Waals surface area contributed by atoms with Gasteiger partial charge in [0.1, 0.15) is 5.69 Å². The third-order valence-electron chi connectivity index (χ3n) is 4.41. The predicted molar refractivity (Wildman–Crippen MR) is 89.8 cm³/mol. The molecule has 1 aromatic carbocycles. The van der Waals surface area contributed by atoms with Gasteiger partial charge in [-0.1, -0.05) is 13.8 Å². The van der Waals surface area contributed by atoms with Crippen LogP contribution in [0.5, 0.6) is 0 Å². The molecule has 0 aromatic heterocycles. The van der Waals surface area contributed by atoms with Crippen molar-refractivity contribution >= 4 is 21.2 Å². The Hall–Kier alpha value is -1.81. The number of nitro groups is 1. The van der Waals surface area contributed by atoms with Crippen molar-refractivity contribution in [2.24, 2.45) is 5.92 Å². The fraction of sp³-hybridized carbons (Fsp3) is 0.600. The van der Waals surface area contributed by atoms with Gasteiger partial charge in [-0.25, -0.2) is 8.42 Å². The highest BCUT2D eigenvalue weighted by molar-refractivity contribution is 7.91. The lowest BCUT2D eigenvalue weighted by Gasteiger charge is -2.43. The zero-order chi connectivity index (χ0) is 18.9. The summed E-state index contributed by atoms with van der Waals surface area (Å²) in [6.45, 7) is 5.92. The van der Waals surface area contributed by atoms with Crippen LogP contribution in [0.4, 0.5) is 20.2 Å². The van der Waals surface area contributed by atoms with Gasteiger partial charge < -0.3 is 9.80 Å². The van der Waals surface area contributed by atoms with E-state index in [1.165, 1.54) is 6.07 Å². The second kappa shape index (κ2) is 7.20. The average Bonchev–Trinajstić information content (AvgIpc) is 2.53. The first-order valence-electron chi connectivity index (χ1n) is 7.81. The second-order valence-electron chi connectivity index (χ2n) is 6.48. The summed E-state index contributed by atoms with van der Waals surface area (Å²) in [5, 5.41) is 11.4. The summed E-state index contributed by atoms with van der Waals surface area (Å²) in [4.78, 5) is 13.9. The minimum atomic E-state index is -4.88. The SMILES string of the molecule is CC(C)C1CN(C)CCN1c1ccc(S(=O)(=O)C(F)F)cc1[N+](=O)[O-]. The number of nitro benzene ring substituents is 1. The van der Waals surface area contributed by atoms with Crippen LogP contribution in [0.15, 0.2) is 23.1 Å². The van der Waals surface area contributed by atoms with Crippen LogP contribution in [-0.4, -0.2) is 56.7 Å². The fourth-order valence-corrected chi connectivity index (χ4v) is 3.73. The zero-order valence-corrected chi connectivity index (χ0v) is 15.0. The summed E-state index contributed by atoms with van der Waals surface area (Å²) in [5.41, 5.74) is -0.220. The molecule has 7 nitrogen and oxygen atoms in total. The van der Waals surface area contributed by atoms with Crippen molar-refractivity contribution in [2.45, 2.75) is 30.5 Å². The fourth-order valence-electron chi connectivity index (χ4n) is 3.00. The molecule has 0 radical (unpaired) electrons. The van der Waals surface area contributed by atoms with Crippen LogP contribution >= 0.6 is 0 Å². The molecular weight excluding hydrogens is 356 g/mol. The summed E-state index contributed by atoms with van der Waals surface area (Å²) in [6.07, 6.45) is 0. The molecule has 1 aliphatic heterocycles. The molecule has 1 atom stereocenters. The number of nitrogens with zero attached hydrogens (tertiary/aromatic N) is 3. The maximum atomic E-state index is 12.7. The Bertz CT molecular complexity index is 755. The van der Waals surface area contributed by atoms with Crippen LogP contribution in [0.3, 0.4) is 0 Å². The molecule has 1 aromatic rings. The van der Waals surface area contributed by atoms with Crippen molar-refractivity contribution in [3.05, 3.63) is 28.3 Å². The van der Waals surface area contributed by atoms with Gasteiger partial charge in [0.2, 0.25) is 9.84 Å². The smallest absolute Gasteiger partial charge is 0.341 e. The lowest BCUT2D eigenvalue weighted by molar-refractivity contribution is -0.384. The minimum Gasteiger partial charge on any atom is -0.360 e. The van der Waals surface area contributed by atoms with Crippen LogP contribution in [0.2, 0.25) is 0 Å². The number of hydrogen-bond donors (Lipinski definition) is 0. The Labute approximate surface area is 145 Å². The second-order valence-corrected chi connectivity index (χ2v) is 8.40. The highest BCUT2D eigenvalue weighted by atomic mass is 32.2. The first kappa shape index (κ1) is 19.5. The van der Waals surface area contributed by atoms with Gasteiger partial charge in [0.15, 0.2) is 0 Å². The van der Waals surface area contributed by atoms with Crippen molar-refractivity contribution in [3.8, 4) is 0 Å². The van der Waals surface area contributed by atoms with E-state index in [2.05, 4.69) is 4.90 Å². The van der Waals surface area contributed by atoms with Gasteiger partial charge in [0, 0.05) is 31.7 Å². The molecule has 140 valence electrons. The zero-order valence-electron chi connectivity index (χ0n) is 14.2. The number of halogens is 2. The number of anilines is 1. The standard InChI is InChI=1S/C15H21F2N3O4S/c1-10(2)14-9-18(3)6-7-19(14)12-5-4-11(8-13(12)20(21)22)25(23,24)15(16)17/h4-5,8,10,14-15H,6-7,9H2,1-3H3. The predicted octanol–water partition coefficient (Wildman–Crippen LogP) is 2.37. The Morgan fingerprint density at radius 3 is 2.44 bits per heavy atom. The first-order valence-corrected chi connectivity index (χ1v) is 9.36. The molecule has 0 spiro atoms. The largest absolute Gasteiger partial charge is 0.360 e. The number of likely N-dealkylation sites (N-methyl/N-ethyl adjacent to an activating group) is 1. The molecule has 0 saturated carbocycles. The highest BCUT2D eigenvalue weighted by Crippen LogP contribution is 2.35. The quantitative estimate of drug-likeness (QED) is 0.579. The Kier molecular flexibility index (Phi) is 5.62. The summed E-state index contributed by atoms with van der Waals surface area (Å²) in [6, 6.07) is 3.00. The number of sulfone groups is 1. The van der Waals surface area contributed by atoms with Gasteiger partial charge in [0.25, 0.3) is 5.69 Å². The third-order valence-corrected chi connectivity index (χ3v) is 5.79. The molecule has 1 heterocycles. The highest BCUT2D eigenvalue weighted by Gasteiger charge is 2.34. The van der Waals surface area contributed by atoms with E-state index in [0.717, 1.165) is 12.1 Å². The van der Waals surface area contributed by atoms with Crippen LogP contribution in [-0.2, 0) is 9.84 Å². The maximum Gasteiger partial charge on any atom is 0.341 e. The monoisotopic (exact) mass is 377 g/mol. The van der Waals surface area contributed by atoms with Crippen molar-refractivity contribution in [3.63, 3.8) is 0 Å². The molecular formula is C15H21F2N3O4S. The number of hydrogen-bond acceptors (Lipinski definition) is 6. The Morgan fingerprint density at radius 1 is 1.28 bits per heavy atom. The molecule has 0 N–H and O–H groups in total. The summed E-state index contributed by atoms with van der Waals surface area (Å²) in [5.74, 6) is -3.42. The van der Waals surface area contributed by atoms with Gasteiger partial charge in [-0.3, -0.25) is 10.1 Å². The van der Waals surface area contributed by atoms with Gasteiger partial charge in [-0.15, -0.1) is 0 Å². The Morgan fingerprint density at radius 2 is 1.92 bits per heavy atom. The average molecular weight is 377 g/mol. The van der Waals surface area contributed by atoms with Gasteiger partial charge >= 0.3 is 5.76 Å². The van der Waals surface area contributed by atoms with Gasteiger partial charge in [-0.2, -0.15) is 8.78 Å². The molecule has 1 unspecified atom stereocenters. The topological polar surface area (TPSA) is 83.8 Å². The molecule has 2 rings (SSSR count). The maximum absolute atomic E-state index is 12.7. The van der Waals surface area contributed by atoms with Gasteiger partial charge in [-0.05, 0) is 25.1 Å². The molecule has 25 heavy (non-hydrogen) atoms. The number of benzene rings is 1. The number of rotatable bonds is 5. The van der Waals surface area contributed by atoms with Crippen molar-refractivity contribution in [2.75, 3.05) is 31.6 Å². The molecule has 0 aliphatic carbocycles. The molecule has 0 amide bonds. The van der Waals surface area contributed by atoms with E-state index in [0.29, 0.717) is 19.6 Å². The van der Waals surface area contributed by atoms with Crippen LogP contribution in [0.25, 0.3) is 0 Å². The van der Waals surface area contributed by atoms with E-state index in [1.807, 2.05) is 25.8 Å². The van der Waals surface area contributed by atoms with E-state index in [9.17, 15) is 27.3 Å². The molecule has 1 saturated heterocycles. The number of piperazine rings is 1. The lowest BCUT2D eigenvalue weighted by atomic mass is 9.98. The van der Waals surface area contributed by atoms with Gasteiger partial charge in [0.05, 0.1) is 9.82 Å². The van der Waals surface area contributed by atoms with Crippen LogP contribution in [0, 0.1) is 16.0 Å². The van der Waals surface area contributed by atoms with Crippen molar-refractivity contribution < 1.29 is 22.1 Å². The Balaban J connectivity index is 2.53. The van der Waals surface area contributed by atoms with E-state index < -0.39 is 31.1 Å². The van der Waals surface area contributed by atoms with Crippen LogP contribution < -0.4 is 4.90 Å². The summed E-state index contributed by atoms with van der Waals surface area (Å²) >= 11 is 0. The third kappa shape index (κ3) is 3.90. The molecule has 1 aliphatic rings. The van der Waals surface area contributed by atoms with Crippen LogP contribution in [0.1, 0.15) is 13.8 Å².